The molecule has 0 radical (unpaired) electrons. The Labute approximate surface area is 116 Å². The average molecular weight is 262 g/mol. The van der Waals surface area contributed by atoms with E-state index in [9.17, 15) is 0 Å². The van der Waals surface area contributed by atoms with Crippen LogP contribution in [0.3, 0.4) is 0 Å². The van der Waals surface area contributed by atoms with Gasteiger partial charge in [-0.3, -0.25) is 4.99 Å². The van der Waals surface area contributed by atoms with Crippen molar-refractivity contribution in [3.63, 3.8) is 0 Å². The SMILES string of the molecule is CC(C)NC(=NCC(C)(C)CN)Nc1ccccc1. The molecule has 0 aromatic heterocycles. The predicted molar refractivity (Wildman–Crippen MR) is 83.5 cm³/mol. The third kappa shape index (κ3) is 6.25. The minimum atomic E-state index is 0.0161. The average Bonchev–Trinajstić information content (AvgIpc) is 2.37. The quantitative estimate of drug-likeness (QED) is 0.564. The summed E-state index contributed by atoms with van der Waals surface area (Å²) in [4.78, 5) is 4.62. The standard InChI is InChI=1S/C15H26N4/c1-12(2)18-14(17-11-15(3,4)10-16)19-13-8-6-5-7-9-13/h5-9,12H,10-11,16H2,1-4H3,(H2,17,18,19). The van der Waals surface area contributed by atoms with Crippen LogP contribution in [0.1, 0.15) is 27.7 Å². The summed E-state index contributed by atoms with van der Waals surface area (Å²) < 4.78 is 0. The third-order valence-corrected chi connectivity index (χ3v) is 2.68. The summed E-state index contributed by atoms with van der Waals surface area (Å²) in [7, 11) is 0. The molecule has 0 unspecified atom stereocenters. The molecule has 0 aliphatic rings. The minimum Gasteiger partial charge on any atom is -0.354 e. The number of anilines is 1. The summed E-state index contributed by atoms with van der Waals surface area (Å²) in [6, 6.07) is 10.4. The number of nitrogens with zero attached hydrogens (tertiary/aromatic N) is 1. The number of nitrogens with two attached hydrogens (primary N) is 1. The summed E-state index contributed by atoms with van der Waals surface area (Å²) in [5.74, 6) is 0.794. The predicted octanol–water partition coefficient (Wildman–Crippen LogP) is 2.44. The van der Waals surface area contributed by atoms with E-state index in [2.05, 4.69) is 43.3 Å². The molecule has 106 valence electrons. The Morgan fingerprint density at radius 2 is 1.89 bits per heavy atom. The maximum atomic E-state index is 5.74. The van der Waals surface area contributed by atoms with E-state index in [0.29, 0.717) is 19.1 Å². The van der Waals surface area contributed by atoms with E-state index in [0.717, 1.165) is 11.6 Å². The van der Waals surface area contributed by atoms with Crippen molar-refractivity contribution in [2.24, 2.45) is 16.1 Å². The zero-order valence-electron chi connectivity index (χ0n) is 12.4. The van der Waals surface area contributed by atoms with Crippen molar-refractivity contribution in [1.29, 1.82) is 0 Å². The van der Waals surface area contributed by atoms with Crippen LogP contribution in [0.2, 0.25) is 0 Å². The highest BCUT2D eigenvalue weighted by Gasteiger charge is 2.15. The van der Waals surface area contributed by atoms with Crippen LogP contribution < -0.4 is 16.4 Å². The Balaban J connectivity index is 2.74. The van der Waals surface area contributed by atoms with E-state index >= 15 is 0 Å². The van der Waals surface area contributed by atoms with Crippen LogP contribution in [0.5, 0.6) is 0 Å². The first-order chi connectivity index (χ1) is 8.93. The lowest BCUT2D eigenvalue weighted by Gasteiger charge is -2.21. The number of guanidine groups is 1. The number of nitrogens with one attached hydrogen (secondary N) is 2. The molecule has 0 saturated carbocycles. The topological polar surface area (TPSA) is 62.4 Å². The first kappa shape index (κ1) is 15.5. The van der Waals surface area contributed by atoms with Crippen LogP contribution in [0.15, 0.2) is 35.3 Å². The fourth-order valence-corrected chi connectivity index (χ4v) is 1.41. The van der Waals surface area contributed by atoms with Crippen molar-refractivity contribution in [1.82, 2.24) is 5.32 Å². The van der Waals surface area contributed by atoms with Gasteiger partial charge in [0, 0.05) is 18.3 Å². The molecule has 0 spiro atoms. The van der Waals surface area contributed by atoms with Gasteiger partial charge in [0.25, 0.3) is 0 Å². The molecule has 1 rings (SSSR count). The molecule has 4 nitrogen and oxygen atoms in total. The number of para-hydroxylation sites is 1. The zero-order chi connectivity index (χ0) is 14.3. The molecular formula is C15H26N4. The fourth-order valence-electron chi connectivity index (χ4n) is 1.41. The summed E-state index contributed by atoms with van der Waals surface area (Å²) in [5, 5.41) is 6.63. The van der Waals surface area contributed by atoms with Crippen LogP contribution in [0.4, 0.5) is 5.69 Å². The van der Waals surface area contributed by atoms with Gasteiger partial charge in [-0.05, 0) is 37.9 Å². The van der Waals surface area contributed by atoms with E-state index in [1.807, 2.05) is 30.3 Å². The van der Waals surface area contributed by atoms with Crippen molar-refractivity contribution in [3.8, 4) is 0 Å². The van der Waals surface area contributed by atoms with E-state index in [1.54, 1.807) is 0 Å². The van der Waals surface area contributed by atoms with Gasteiger partial charge in [-0.1, -0.05) is 32.0 Å². The lowest BCUT2D eigenvalue weighted by molar-refractivity contribution is 0.393. The molecule has 4 N–H and O–H groups in total. The molecule has 19 heavy (non-hydrogen) atoms. The minimum absolute atomic E-state index is 0.0161. The van der Waals surface area contributed by atoms with E-state index in [1.165, 1.54) is 0 Å². The number of hydrogen-bond donors (Lipinski definition) is 3. The van der Waals surface area contributed by atoms with Crippen LogP contribution in [-0.2, 0) is 0 Å². The van der Waals surface area contributed by atoms with Crippen molar-refractivity contribution >= 4 is 11.6 Å². The van der Waals surface area contributed by atoms with Crippen LogP contribution in [-0.4, -0.2) is 25.1 Å². The van der Waals surface area contributed by atoms with Crippen LogP contribution >= 0.6 is 0 Å². The number of rotatable bonds is 5. The highest BCUT2D eigenvalue weighted by molar-refractivity contribution is 5.93. The second-order valence-corrected chi connectivity index (χ2v) is 5.82. The largest absolute Gasteiger partial charge is 0.354 e. The highest BCUT2D eigenvalue weighted by atomic mass is 15.2. The maximum Gasteiger partial charge on any atom is 0.196 e. The Kier molecular flexibility index (Phi) is 5.83. The molecule has 4 heteroatoms. The Hall–Kier alpha value is -1.55. The summed E-state index contributed by atoms with van der Waals surface area (Å²) >= 11 is 0. The smallest absolute Gasteiger partial charge is 0.196 e. The Bertz CT molecular complexity index is 396. The van der Waals surface area contributed by atoms with Gasteiger partial charge in [-0.15, -0.1) is 0 Å². The van der Waals surface area contributed by atoms with Gasteiger partial charge in [-0.2, -0.15) is 0 Å². The highest BCUT2D eigenvalue weighted by Crippen LogP contribution is 2.13. The summed E-state index contributed by atoms with van der Waals surface area (Å²) in [6.45, 7) is 9.74. The first-order valence-electron chi connectivity index (χ1n) is 6.76. The molecule has 0 aliphatic heterocycles. The number of aliphatic imine (C=N–C) groups is 1. The van der Waals surface area contributed by atoms with Crippen LogP contribution in [0, 0.1) is 5.41 Å². The fraction of sp³-hybridized carbons (Fsp3) is 0.533. The van der Waals surface area contributed by atoms with Crippen molar-refractivity contribution in [2.45, 2.75) is 33.7 Å². The van der Waals surface area contributed by atoms with E-state index < -0.39 is 0 Å². The van der Waals surface area contributed by atoms with Gasteiger partial charge < -0.3 is 16.4 Å². The molecule has 0 bridgehead atoms. The number of hydrogen-bond acceptors (Lipinski definition) is 2. The normalized spacial score (nSPS) is 12.6. The Morgan fingerprint density at radius 3 is 2.42 bits per heavy atom. The van der Waals surface area contributed by atoms with Gasteiger partial charge in [0.05, 0.1) is 0 Å². The van der Waals surface area contributed by atoms with Crippen LogP contribution in [0.25, 0.3) is 0 Å². The van der Waals surface area contributed by atoms with Gasteiger partial charge in [0.2, 0.25) is 0 Å². The van der Waals surface area contributed by atoms with E-state index in [-0.39, 0.29) is 5.41 Å². The molecule has 0 atom stereocenters. The van der Waals surface area contributed by atoms with Crippen molar-refractivity contribution in [3.05, 3.63) is 30.3 Å². The van der Waals surface area contributed by atoms with Crippen molar-refractivity contribution in [2.75, 3.05) is 18.4 Å². The zero-order valence-corrected chi connectivity index (χ0v) is 12.4. The third-order valence-electron chi connectivity index (χ3n) is 2.68. The molecule has 0 fully saturated rings. The lowest BCUT2D eigenvalue weighted by Crippen LogP contribution is -2.37. The molecule has 1 aromatic carbocycles. The molecule has 0 saturated heterocycles. The first-order valence-corrected chi connectivity index (χ1v) is 6.76. The Morgan fingerprint density at radius 1 is 1.26 bits per heavy atom. The molecule has 1 aromatic rings. The van der Waals surface area contributed by atoms with Gasteiger partial charge in [0.1, 0.15) is 0 Å². The molecule has 0 aliphatic carbocycles. The van der Waals surface area contributed by atoms with Gasteiger partial charge in [0.15, 0.2) is 5.96 Å². The van der Waals surface area contributed by atoms with Crippen molar-refractivity contribution < 1.29 is 0 Å². The maximum absolute atomic E-state index is 5.74. The second kappa shape index (κ2) is 7.14. The van der Waals surface area contributed by atoms with E-state index in [4.69, 9.17) is 5.73 Å². The molecule has 0 amide bonds. The second-order valence-electron chi connectivity index (χ2n) is 5.82. The summed E-state index contributed by atoms with van der Waals surface area (Å²) in [5.41, 5.74) is 6.78. The molecular weight excluding hydrogens is 236 g/mol. The van der Waals surface area contributed by atoms with Gasteiger partial charge >= 0.3 is 0 Å². The number of benzene rings is 1. The summed E-state index contributed by atoms with van der Waals surface area (Å²) in [6.07, 6.45) is 0. The van der Waals surface area contributed by atoms with Gasteiger partial charge in [-0.25, -0.2) is 0 Å². The molecule has 0 heterocycles. The monoisotopic (exact) mass is 262 g/mol. The lowest BCUT2D eigenvalue weighted by atomic mass is 9.94.